The number of rotatable bonds is 6. The zero-order valence-electron chi connectivity index (χ0n) is 15.7. The minimum absolute atomic E-state index is 0.598. The molecule has 1 N–H and O–H groups in total. The first-order valence-corrected chi connectivity index (χ1v) is 9.17. The lowest BCUT2D eigenvalue weighted by molar-refractivity contribution is 1.000. The lowest BCUT2D eigenvalue weighted by Crippen LogP contribution is -2.15. The van der Waals surface area contributed by atoms with Crippen molar-refractivity contribution in [2.45, 2.75) is 6.54 Å². The van der Waals surface area contributed by atoms with Crippen LogP contribution in [0.15, 0.2) is 91.1 Å². The molecule has 0 aliphatic heterocycles. The first kappa shape index (κ1) is 17.7. The van der Waals surface area contributed by atoms with Gasteiger partial charge in [-0.25, -0.2) is 4.98 Å². The number of nitrogens with zero attached hydrogens (tertiary/aromatic N) is 4. The number of nitrogens with one attached hydrogen (secondary N) is 1. The highest BCUT2D eigenvalue weighted by Gasteiger charge is 2.12. The number of anilines is 3. The summed E-state index contributed by atoms with van der Waals surface area (Å²) < 4.78 is 0. The summed E-state index contributed by atoms with van der Waals surface area (Å²) in [7, 11) is 1.97. The normalized spacial score (nSPS) is 10.5. The number of hydrogen-bond donors (Lipinski definition) is 1. The second-order valence-corrected chi connectivity index (χ2v) is 6.37. The smallest absolute Gasteiger partial charge is 0.232 e. The monoisotopic (exact) mass is 367 g/mol. The van der Waals surface area contributed by atoms with Gasteiger partial charge < -0.3 is 10.2 Å². The van der Waals surface area contributed by atoms with E-state index in [1.807, 2.05) is 84.7 Å². The van der Waals surface area contributed by atoms with Crippen LogP contribution in [-0.2, 0) is 6.54 Å². The number of pyridine rings is 1. The third-order valence-electron chi connectivity index (χ3n) is 4.40. The maximum Gasteiger partial charge on any atom is 0.232 e. The van der Waals surface area contributed by atoms with Crippen LogP contribution in [0.2, 0.25) is 0 Å². The molecule has 0 unspecified atom stereocenters. The fraction of sp³-hybridized carbons (Fsp3) is 0.0870. The Kier molecular flexibility index (Phi) is 5.24. The quantitative estimate of drug-likeness (QED) is 0.524. The Labute approximate surface area is 164 Å². The van der Waals surface area contributed by atoms with Crippen molar-refractivity contribution in [3.63, 3.8) is 0 Å². The lowest BCUT2D eigenvalue weighted by atomic mass is 10.1. The van der Waals surface area contributed by atoms with Gasteiger partial charge in [0.15, 0.2) is 0 Å². The van der Waals surface area contributed by atoms with E-state index < -0.39 is 0 Å². The van der Waals surface area contributed by atoms with Crippen LogP contribution in [0.25, 0.3) is 11.3 Å². The van der Waals surface area contributed by atoms with Crippen molar-refractivity contribution in [3.05, 3.63) is 96.8 Å². The summed E-state index contributed by atoms with van der Waals surface area (Å²) in [5.41, 5.74) is 3.91. The Morgan fingerprint density at radius 3 is 2.25 bits per heavy atom. The maximum absolute atomic E-state index is 4.79. The van der Waals surface area contributed by atoms with Gasteiger partial charge in [-0.3, -0.25) is 4.98 Å². The van der Waals surface area contributed by atoms with Crippen LogP contribution in [0.4, 0.5) is 17.5 Å². The van der Waals surface area contributed by atoms with Gasteiger partial charge in [0, 0.05) is 30.6 Å². The minimum Gasteiger partial charge on any atom is -0.364 e. The van der Waals surface area contributed by atoms with Crippen LogP contribution in [0.3, 0.4) is 0 Å². The molecule has 4 aromatic rings. The third kappa shape index (κ3) is 4.15. The summed E-state index contributed by atoms with van der Waals surface area (Å²) in [5, 5.41) is 3.38. The van der Waals surface area contributed by atoms with E-state index in [1.165, 1.54) is 0 Å². The zero-order valence-corrected chi connectivity index (χ0v) is 15.7. The van der Waals surface area contributed by atoms with Crippen molar-refractivity contribution in [3.8, 4) is 11.3 Å². The van der Waals surface area contributed by atoms with E-state index in [2.05, 4.69) is 22.4 Å². The molecule has 5 nitrogen and oxygen atoms in total. The molecule has 0 spiro atoms. The number of para-hydroxylation sites is 1. The molecule has 0 aliphatic rings. The summed E-state index contributed by atoms with van der Waals surface area (Å²) in [4.78, 5) is 15.9. The highest BCUT2D eigenvalue weighted by molar-refractivity contribution is 5.66. The first-order valence-electron chi connectivity index (χ1n) is 9.17. The van der Waals surface area contributed by atoms with Gasteiger partial charge in [-0.15, -0.1) is 0 Å². The largest absolute Gasteiger partial charge is 0.364 e. The Morgan fingerprint density at radius 1 is 0.821 bits per heavy atom. The second-order valence-electron chi connectivity index (χ2n) is 6.37. The van der Waals surface area contributed by atoms with Crippen molar-refractivity contribution >= 4 is 17.5 Å². The molecule has 138 valence electrons. The van der Waals surface area contributed by atoms with Gasteiger partial charge in [0.25, 0.3) is 0 Å². The lowest BCUT2D eigenvalue weighted by Gasteiger charge is -2.19. The topological polar surface area (TPSA) is 53.9 Å². The number of aromatic nitrogens is 3. The highest BCUT2D eigenvalue weighted by Crippen LogP contribution is 2.26. The molecule has 2 aromatic carbocycles. The van der Waals surface area contributed by atoms with Crippen LogP contribution in [0.5, 0.6) is 0 Å². The molecule has 0 atom stereocenters. The standard InChI is InChI=1S/C23H21N5/c1-28(20-13-6-3-7-14-20)23-26-21(18-10-4-2-5-11-18)16-22(27-23)25-17-19-12-8-9-15-24-19/h2-16H,17H2,1H3,(H,25,26,27). The predicted octanol–water partition coefficient (Wildman–Crippen LogP) is 4.92. The van der Waals surface area contributed by atoms with Crippen molar-refractivity contribution in [1.82, 2.24) is 15.0 Å². The summed E-state index contributed by atoms with van der Waals surface area (Å²) in [6, 6.07) is 28.1. The molecular formula is C23H21N5. The molecule has 0 radical (unpaired) electrons. The summed E-state index contributed by atoms with van der Waals surface area (Å²) in [5.74, 6) is 1.40. The summed E-state index contributed by atoms with van der Waals surface area (Å²) in [6.45, 7) is 0.598. The second kappa shape index (κ2) is 8.31. The van der Waals surface area contributed by atoms with Gasteiger partial charge in [-0.05, 0) is 24.3 Å². The summed E-state index contributed by atoms with van der Waals surface area (Å²) >= 11 is 0. The van der Waals surface area contributed by atoms with Gasteiger partial charge in [-0.2, -0.15) is 4.98 Å². The van der Waals surface area contributed by atoms with Crippen LogP contribution < -0.4 is 10.2 Å². The molecule has 0 saturated heterocycles. The van der Waals surface area contributed by atoms with E-state index in [9.17, 15) is 0 Å². The Balaban J connectivity index is 1.69. The first-order chi connectivity index (χ1) is 13.8. The predicted molar refractivity (Wildman–Crippen MR) is 114 cm³/mol. The molecule has 4 rings (SSSR count). The van der Waals surface area contributed by atoms with Gasteiger partial charge in [-0.1, -0.05) is 54.6 Å². The van der Waals surface area contributed by atoms with E-state index >= 15 is 0 Å². The average molecular weight is 367 g/mol. The molecular weight excluding hydrogens is 346 g/mol. The summed E-state index contributed by atoms with van der Waals surface area (Å²) in [6.07, 6.45) is 1.79. The van der Waals surface area contributed by atoms with Crippen molar-refractivity contribution in [1.29, 1.82) is 0 Å². The Hall–Kier alpha value is -3.73. The fourth-order valence-electron chi connectivity index (χ4n) is 2.88. The molecule has 0 saturated carbocycles. The number of hydrogen-bond acceptors (Lipinski definition) is 5. The van der Waals surface area contributed by atoms with E-state index in [1.54, 1.807) is 6.20 Å². The molecule has 5 heteroatoms. The van der Waals surface area contributed by atoms with Crippen LogP contribution in [0.1, 0.15) is 5.69 Å². The van der Waals surface area contributed by atoms with Crippen LogP contribution in [-0.4, -0.2) is 22.0 Å². The van der Waals surface area contributed by atoms with Crippen molar-refractivity contribution < 1.29 is 0 Å². The Morgan fingerprint density at radius 2 is 1.54 bits per heavy atom. The van der Waals surface area contributed by atoms with Crippen LogP contribution in [0, 0.1) is 0 Å². The van der Waals surface area contributed by atoms with E-state index in [0.29, 0.717) is 12.5 Å². The molecule has 2 aromatic heterocycles. The van der Waals surface area contributed by atoms with E-state index in [0.717, 1.165) is 28.5 Å². The molecule has 0 fully saturated rings. The SMILES string of the molecule is CN(c1ccccc1)c1nc(NCc2ccccn2)cc(-c2ccccc2)n1. The maximum atomic E-state index is 4.79. The molecule has 28 heavy (non-hydrogen) atoms. The van der Waals surface area contributed by atoms with Gasteiger partial charge in [0.2, 0.25) is 5.95 Å². The van der Waals surface area contributed by atoms with Gasteiger partial charge >= 0.3 is 0 Å². The van der Waals surface area contributed by atoms with Gasteiger partial charge in [0.05, 0.1) is 17.9 Å². The minimum atomic E-state index is 0.598. The van der Waals surface area contributed by atoms with E-state index in [4.69, 9.17) is 9.97 Å². The Bertz CT molecular complexity index is 1020. The van der Waals surface area contributed by atoms with Crippen molar-refractivity contribution in [2.75, 3.05) is 17.3 Å². The molecule has 0 bridgehead atoms. The van der Waals surface area contributed by atoms with Crippen LogP contribution >= 0.6 is 0 Å². The van der Waals surface area contributed by atoms with Crippen molar-refractivity contribution in [2.24, 2.45) is 0 Å². The van der Waals surface area contributed by atoms with Gasteiger partial charge in [0.1, 0.15) is 5.82 Å². The number of benzene rings is 2. The highest BCUT2D eigenvalue weighted by atomic mass is 15.3. The fourth-order valence-corrected chi connectivity index (χ4v) is 2.88. The average Bonchev–Trinajstić information content (AvgIpc) is 2.79. The molecule has 2 heterocycles. The van der Waals surface area contributed by atoms with E-state index in [-0.39, 0.29) is 0 Å². The molecule has 0 amide bonds. The third-order valence-corrected chi connectivity index (χ3v) is 4.40. The molecule has 0 aliphatic carbocycles. The zero-order chi connectivity index (χ0) is 19.2.